The Labute approximate surface area is 110 Å². The van der Waals surface area contributed by atoms with Crippen LogP contribution in [0, 0.1) is 5.92 Å². The van der Waals surface area contributed by atoms with Gasteiger partial charge in [-0.05, 0) is 25.8 Å². The van der Waals surface area contributed by atoms with Gasteiger partial charge >= 0.3 is 0 Å². The fraction of sp³-hybridized carbons (Fsp3) is 0.533. The van der Waals surface area contributed by atoms with E-state index in [4.69, 9.17) is 5.73 Å². The maximum atomic E-state index is 12.1. The number of nitrogens with two attached hydrogens (primary N) is 1. The summed E-state index contributed by atoms with van der Waals surface area (Å²) < 4.78 is 0. The molecule has 0 bridgehead atoms. The number of amides is 1. The summed E-state index contributed by atoms with van der Waals surface area (Å²) in [7, 11) is 0. The van der Waals surface area contributed by atoms with Gasteiger partial charge in [0.1, 0.15) is 0 Å². The van der Waals surface area contributed by atoms with Crippen molar-refractivity contribution in [3.8, 4) is 0 Å². The van der Waals surface area contributed by atoms with Crippen LogP contribution in [-0.4, -0.2) is 11.4 Å². The van der Waals surface area contributed by atoms with E-state index in [2.05, 4.69) is 12.2 Å². The summed E-state index contributed by atoms with van der Waals surface area (Å²) in [5, 5.41) is 3.04. The first-order valence-corrected chi connectivity index (χ1v) is 6.50. The number of carbonyl (C=O) groups is 1. The molecule has 1 rings (SSSR count). The molecule has 3 N–H and O–H groups in total. The molecule has 100 valence electrons. The first kappa shape index (κ1) is 14.7. The van der Waals surface area contributed by atoms with Gasteiger partial charge < -0.3 is 11.1 Å². The third kappa shape index (κ3) is 3.84. The lowest BCUT2D eigenvalue weighted by molar-refractivity contribution is -0.126. The molecule has 2 atom stereocenters. The van der Waals surface area contributed by atoms with E-state index in [1.807, 2.05) is 51.1 Å². The summed E-state index contributed by atoms with van der Waals surface area (Å²) >= 11 is 0. The van der Waals surface area contributed by atoms with Crippen LogP contribution in [0.5, 0.6) is 0 Å². The van der Waals surface area contributed by atoms with E-state index in [0.29, 0.717) is 0 Å². The molecule has 1 aromatic carbocycles. The van der Waals surface area contributed by atoms with Crippen LogP contribution in [0.15, 0.2) is 30.3 Å². The minimum atomic E-state index is -0.265. The number of rotatable bonds is 5. The molecule has 3 heteroatoms. The normalized spacial score (nSPS) is 14.9. The minimum absolute atomic E-state index is 0.0122. The van der Waals surface area contributed by atoms with Gasteiger partial charge in [0, 0.05) is 11.6 Å². The van der Waals surface area contributed by atoms with Crippen molar-refractivity contribution in [2.24, 2.45) is 11.7 Å². The van der Waals surface area contributed by atoms with Crippen molar-refractivity contribution in [1.29, 1.82) is 0 Å². The molecule has 0 aliphatic heterocycles. The standard InChI is InChI=1S/C15H24N2O/c1-5-15(3,4)17-14(18)11(2)13(16)12-9-7-6-8-10-12/h6-11,13H,5,16H2,1-4H3,(H,17,18). The zero-order valence-electron chi connectivity index (χ0n) is 11.7. The maximum absolute atomic E-state index is 12.1. The third-order valence-corrected chi connectivity index (χ3v) is 3.48. The van der Waals surface area contributed by atoms with Crippen molar-refractivity contribution in [1.82, 2.24) is 5.32 Å². The van der Waals surface area contributed by atoms with E-state index in [1.165, 1.54) is 0 Å². The fourth-order valence-electron chi connectivity index (χ4n) is 1.66. The number of carbonyl (C=O) groups excluding carboxylic acids is 1. The predicted octanol–water partition coefficient (Wildman–Crippen LogP) is 2.63. The van der Waals surface area contributed by atoms with Crippen LogP contribution in [-0.2, 0) is 4.79 Å². The van der Waals surface area contributed by atoms with Crippen LogP contribution < -0.4 is 11.1 Å². The number of hydrogen-bond donors (Lipinski definition) is 2. The molecular weight excluding hydrogens is 224 g/mol. The summed E-state index contributed by atoms with van der Waals surface area (Å²) in [6, 6.07) is 9.48. The fourth-order valence-corrected chi connectivity index (χ4v) is 1.66. The van der Waals surface area contributed by atoms with Gasteiger partial charge in [0.05, 0.1) is 5.92 Å². The van der Waals surface area contributed by atoms with Gasteiger partial charge in [-0.1, -0.05) is 44.2 Å². The molecule has 1 aromatic rings. The summed E-state index contributed by atoms with van der Waals surface area (Å²) in [5.74, 6) is -0.226. The number of benzene rings is 1. The first-order valence-electron chi connectivity index (χ1n) is 6.50. The molecule has 0 aliphatic rings. The van der Waals surface area contributed by atoms with Crippen LogP contribution in [0.2, 0.25) is 0 Å². The SMILES string of the molecule is CCC(C)(C)NC(=O)C(C)C(N)c1ccccc1. The van der Waals surface area contributed by atoms with Gasteiger partial charge in [-0.25, -0.2) is 0 Å². The van der Waals surface area contributed by atoms with Crippen molar-refractivity contribution in [2.45, 2.75) is 45.7 Å². The smallest absolute Gasteiger partial charge is 0.225 e. The lowest BCUT2D eigenvalue weighted by Gasteiger charge is -2.28. The maximum Gasteiger partial charge on any atom is 0.225 e. The largest absolute Gasteiger partial charge is 0.351 e. The van der Waals surface area contributed by atoms with E-state index < -0.39 is 0 Å². The van der Waals surface area contributed by atoms with Gasteiger partial charge in [-0.15, -0.1) is 0 Å². The first-order chi connectivity index (χ1) is 8.37. The molecule has 2 unspecified atom stereocenters. The highest BCUT2D eigenvalue weighted by atomic mass is 16.2. The van der Waals surface area contributed by atoms with Gasteiger partial charge in [0.2, 0.25) is 5.91 Å². The van der Waals surface area contributed by atoms with Gasteiger partial charge in [0.25, 0.3) is 0 Å². The molecule has 0 spiro atoms. The van der Waals surface area contributed by atoms with Crippen LogP contribution in [0.4, 0.5) is 0 Å². The zero-order valence-corrected chi connectivity index (χ0v) is 11.7. The highest BCUT2D eigenvalue weighted by Crippen LogP contribution is 2.20. The summed E-state index contributed by atoms with van der Waals surface area (Å²) in [5.41, 5.74) is 6.95. The average Bonchev–Trinajstić information content (AvgIpc) is 2.37. The molecule has 0 aliphatic carbocycles. The molecule has 18 heavy (non-hydrogen) atoms. The topological polar surface area (TPSA) is 55.1 Å². The van der Waals surface area contributed by atoms with Crippen LogP contribution in [0.1, 0.15) is 45.7 Å². The molecule has 0 saturated heterocycles. The molecule has 0 aromatic heterocycles. The van der Waals surface area contributed by atoms with Crippen molar-refractivity contribution in [2.75, 3.05) is 0 Å². The zero-order chi connectivity index (χ0) is 13.8. The van der Waals surface area contributed by atoms with Crippen LogP contribution in [0.25, 0.3) is 0 Å². The van der Waals surface area contributed by atoms with Gasteiger partial charge in [-0.3, -0.25) is 4.79 Å². The summed E-state index contributed by atoms with van der Waals surface area (Å²) in [6.07, 6.45) is 0.895. The van der Waals surface area contributed by atoms with Crippen molar-refractivity contribution in [3.05, 3.63) is 35.9 Å². The van der Waals surface area contributed by atoms with Crippen molar-refractivity contribution in [3.63, 3.8) is 0 Å². The number of nitrogens with one attached hydrogen (secondary N) is 1. The third-order valence-electron chi connectivity index (χ3n) is 3.48. The molecule has 3 nitrogen and oxygen atoms in total. The van der Waals surface area contributed by atoms with E-state index in [9.17, 15) is 4.79 Å². The predicted molar refractivity (Wildman–Crippen MR) is 75.0 cm³/mol. The van der Waals surface area contributed by atoms with Crippen LogP contribution >= 0.6 is 0 Å². The Kier molecular flexibility index (Phi) is 4.91. The quantitative estimate of drug-likeness (QED) is 0.841. The van der Waals surface area contributed by atoms with Crippen molar-refractivity contribution >= 4 is 5.91 Å². The second-order valence-corrected chi connectivity index (χ2v) is 5.45. The Morgan fingerprint density at radius 1 is 1.33 bits per heavy atom. The lowest BCUT2D eigenvalue weighted by Crippen LogP contribution is -2.47. The Bertz CT molecular complexity index is 387. The highest BCUT2D eigenvalue weighted by Gasteiger charge is 2.26. The van der Waals surface area contributed by atoms with Crippen LogP contribution in [0.3, 0.4) is 0 Å². The molecule has 0 radical (unpaired) electrons. The molecule has 0 fully saturated rings. The number of hydrogen-bond acceptors (Lipinski definition) is 2. The lowest BCUT2D eigenvalue weighted by atomic mass is 9.93. The highest BCUT2D eigenvalue weighted by molar-refractivity contribution is 5.80. The van der Waals surface area contributed by atoms with E-state index in [0.717, 1.165) is 12.0 Å². The monoisotopic (exact) mass is 248 g/mol. The average molecular weight is 248 g/mol. The van der Waals surface area contributed by atoms with E-state index in [-0.39, 0.29) is 23.4 Å². The van der Waals surface area contributed by atoms with E-state index >= 15 is 0 Å². The summed E-state index contributed by atoms with van der Waals surface area (Å²) in [4.78, 5) is 12.1. The Morgan fingerprint density at radius 3 is 2.39 bits per heavy atom. The minimum Gasteiger partial charge on any atom is -0.351 e. The molecule has 0 heterocycles. The second kappa shape index (κ2) is 6.01. The van der Waals surface area contributed by atoms with Gasteiger partial charge in [0.15, 0.2) is 0 Å². The van der Waals surface area contributed by atoms with E-state index in [1.54, 1.807) is 0 Å². The van der Waals surface area contributed by atoms with Gasteiger partial charge in [-0.2, -0.15) is 0 Å². The molecular formula is C15H24N2O. The van der Waals surface area contributed by atoms with Crippen molar-refractivity contribution < 1.29 is 4.79 Å². The Hall–Kier alpha value is -1.35. The Morgan fingerprint density at radius 2 is 1.89 bits per heavy atom. The molecule has 1 amide bonds. The summed E-state index contributed by atoms with van der Waals surface area (Å²) in [6.45, 7) is 7.97. The second-order valence-electron chi connectivity index (χ2n) is 5.45. The molecule has 0 saturated carbocycles. The Balaban J connectivity index is 2.70.